The number of nitrogens with one attached hydrogen (secondary N) is 1. The summed E-state index contributed by atoms with van der Waals surface area (Å²) in [5.41, 5.74) is 3.15. The summed E-state index contributed by atoms with van der Waals surface area (Å²) in [6.45, 7) is 4.42. The maximum absolute atomic E-state index is 12.9. The van der Waals surface area contributed by atoms with Gasteiger partial charge in [-0.2, -0.15) is 0 Å². The van der Waals surface area contributed by atoms with E-state index in [1.807, 2.05) is 36.0 Å². The fourth-order valence-corrected chi connectivity index (χ4v) is 6.92. The molecule has 35 heavy (non-hydrogen) atoms. The maximum Gasteiger partial charge on any atom is 0.247 e. The molecule has 1 N–H and O–H groups in total. The summed E-state index contributed by atoms with van der Waals surface area (Å²) < 4.78 is 0. The molecule has 3 heterocycles. The van der Waals surface area contributed by atoms with E-state index in [0.29, 0.717) is 6.67 Å². The number of fused-ring (bicyclic) bond motifs is 2. The van der Waals surface area contributed by atoms with E-state index >= 15 is 0 Å². The molecule has 1 amide bonds. The maximum atomic E-state index is 12.9. The summed E-state index contributed by atoms with van der Waals surface area (Å²) in [5, 5.41) is 3.87. The standard InChI is InChI=1S/C28H29ClN4OS/c29-21-11-12-26-24(19-21)32(23-9-4-5-10-25(23)35-26)16-6-15-31-17-13-28(14-18-31)27(34)30-20-33(28)22-7-2-1-3-8-22/h1-5,7-12,19H,6,13-18,20H2,(H,30,34). The minimum atomic E-state index is -0.420. The third-order valence-corrected chi connectivity index (χ3v) is 8.90. The van der Waals surface area contributed by atoms with Crippen LogP contribution in [0.25, 0.3) is 0 Å². The van der Waals surface area contributed by atoms with Crippen molar-refractivity contribution in [2.45, 2.75) is 34.6 Å². The number of nitrogens with zero attached hydrogens (tertiary/aromatic N) is 3. The molecule has 2 saturated heterocycles. The van der Waals surface area contributed by atoms with Crippen molar-refractivity contribution in [1.82, 2.24) is 10.2 Å². The monoisotopic (exact) mass is 504 g/mol. The first-order valence-electron chi connectivity index (χ1n) is 12.3. The Morgan fingerprint density at radius 3 is 2.46 bits per heavy atom. The Balaban J connectivity index is 1.12. The van der Waals surface area contributed by atoms with Crippen LogP contribution in [0.4, 0.5) is 17.1 Å². The largest absolute Gasteiger partial charge is 0.340 e. The zero-order valence-electron chi connectivity index (χ0n) is 19.6. The fourth-order valence-electron chi connectivity index (χ4n) is 5.67. The first kappa shape index (κ1) is 22.8. The smallest absolute Gasteiger partial charge is 0.247 e. The summed E-state index contributed by atoms with van der Waals surface area (Å²) in [6, 6.07) is 25.1. The highest BCUT2D eigenvalue weighted by atomic mass is 35.5. The van der Waals surface area contributed by atoms with Gasteiger partial charge in [-0.15, -0.1) is 0 Å². The first-order chi connectivity index (χ1) is 17.1. The lowest BCUT2D eigenvalue weighted by Gasteiger charge is -2.43. The molecule has 0 atom stereocenters. The zero-order valence-corrected chi connectivity index (χ0v) is 21.2. The van der Waals surface area contributed by atoms with Crippen molar-refractivity contribution in [2.75, 3.05) is 42.6 Å². The minimum Gasteiger partial charge on any atom is -0.340 e. The Labute approximate surface area is 216 Å². The number of rotatable bonds is 5. The SMILES string of the molecule is O=C1NCN(c2ccccc2)C12CCN(CCCN1c3ccccc3Sc3ccc(Cl)cc31)CC2. The molecular formula is C28H29ClN4OS. The number of amides is 1. The Bertz CT molecular complexity index is 1230. The van der Waals surface area contributed by atoms with Gasteiger partial charge < -0.3 is 20.0 Å². The molecule has 1 spiro atoms. The van der Waals surface area contributed by atoms with Crippen LogP contribution in [-0.4, -0.2) is 49.2 Å². The second-order valence-corrected chi connectivity index (χ2v) is 11.0. The van der Waals surface area contributed by atoms with E-state index in [4.69, 9.17) is 11.6 Å². The number of halogens is 1. The highest BCUT2D eigenvalue weighted by Gasteiger charge is 2.50. The Morgan fingerprint density at radius 2 is 1.63 bits per heavy atom. The summed E-state index contributed by atoms with van der Waals surface area (Å²) in [5.74, 6) is 0.178. The van der Waals surface area contributed by atoms with Gasteiger partial charge in [0.1, 0.15) is 5.54 Å². The number of piperidine rings is 1. The Hall–Kier alpha value is -2.67. The van der Waals surface area contributed by atoms with Gasteiger partial charge in [-0.3, -0.25) is 4.79 Å². The molecule has 7 heteroatoms. The number of benzene rings is 3. The van der Waals surface area contributed by atoms with E-state index in [9.17, 15) is 4.79 Å². The van der Waals surface area contributed by atoms with Gasteiger partial charge in [0.25, 0.3) is 0 Å². The lowest BCUT2D eigenvalue weighted by atomic mass is 9.85. The Kier molecular flexibility index (Phi) is 6.13. The van der Waals surface area contributed by atoms with Crippen molar-refractivity contribution in [1.29, 1.82) is 0 Å². The normalized spacial score (nSPS) is 18.9. The van der Waals surface area contributed by atoms with Gasteiger partial charge in [-0.25, -0.2) is 0 Å². The molecule has 3 aromatic carbocycles. The molecule has 0 unspecified atom stereocenters. The van der Waals surface area contributed by atoms with E-state index in [-0.39, 0.29) is 5.91 Å². The third-order valence-electron chi connectivity index (χ3n) is 7.53. The van der Waals surface area contributed by atoms with Crippen LogP contribution < -0.4 is 15.1 Å². The van der Waals surface area contributed by atoms with Gasteiger partial charge >= 0.3 is 0 Å². The molecule has 0 bridgehead atoms. The van der Waals surface area contributed by atoms with Crippen LogP contribution in [0.1, 0.15) is 19.3 Å². The summed E-state index contributed by atoms with van der Waals surface area (Å²) in [7, 11) is 0. The number of para-hydroxylation sites is 2. The van der Waals surface area contributed by atoms with Crippen molar-refractivity contribution < 1.29 is 4.79 Å². The van der Waals surface area contributed by atoms with Crippen molar-refractivity contribution in [3.63, 3.8) is 0 Å². The third kappa shape index (κ3) is 4.18. The molecule has 3 aliphatic heterocycles. The lowest BCUT2D eigenvalue weighted by Crippen LogP contribution is -2.56. The van der Waals surface area contributed by atoms with Crippen LogP contribution in [0.2, 0.25) is 5.02 Å². The summed E-state index contributed by atoms with van der Waals surface area (Å²) >= 11 is 8.18. The number of carbonyl (C=O) groups is 1. The molecule has 0 radical (unpaired) electrons. The quantitative estimate of drug-likeness (QED) is 0.478. The topological polar surface area (TPSA) is 38.8 Å². The molecule has 0 saturated carbocycles. The second-order valence-electron chi connectivity index (χ2n) is 9.49. The van der Waals surface area contributed by atoms with E-state index in [2.05, 4.69) is 68.5 Å². The summed E-state index contributed by atoms with van der Waals surface area (Å²) in [6.07, 6.45) is 2.76. The van der Waals surface area contributed by atoms with Gasteiger partial charge in [-0.1, -0.05) is 53.7 Å². The molecule has 0 aromatic heterocycles. The van der Waals surface area contributed by atoms with Gasteiger partial charge in [0.2, 0.25) is 5.91 Å². The van der Waals surface area contributed by atoms with Crippen LogP contribution >= 0.6 is 23.4 Å². The highest BCUT2D eigenvalue weighted by molar-refractivity contribution is 7.99. The van der Waals surface area contributed by atoms with E-state index in [1.54, 1.807) is 0 Å². The average Bonchev–Trinajstić information content (AvgIpc) is 3.20. The van der Waals surface area contributed by atoms with E-state index < -0.39 is 5.54 Å². The van der Waals surface area contributed by atoms with Crippen LogP contribution in [0.15, 0.2) is 82.6 Å². The molecule has 6 rings (SSSR count). The highest BCUT2D eigenvalue weighted by Crippen LogP contribution is 2.48. The van der Waals surface area contributed by atoms with Crippen molar-refractivity contribution in [3.8, 4) is 0 Å². The molecule has 5 nitrogen and oxygen atoms in total. The van der Waals surface area contributed by atoms with Crippen molar-refractivity contribution in [2.24, 2.45) is 0 Å². The van der Waals surface area contributed by atoms with Crippen molar-refractivity contribution in [3.05, 3.63) is 77.8 Å². The van der Waals surface area contributed by atoms with Gasteiger partial charge in [0.15, 0.2) is 0 Å². The molecule has 3 aliphatic rings. The molecule has 3 aromatic rings. The lowest BCUT2D eigenvalue weighted by molar-refractivity contribution is -0.125. The molecule has 180 valence electrons. The predicted molar refractivity (Wildman–Crippen MR) is 144 cm³/mol. The predicted octanol–water partition coefficient (Wildman–Crippen LogP) is 5.76. The fraction of sp³-hybridized carbons (Fsp3) is 0.321. The van der Waals surface area contributed by atoms with Crippen LogP contribution in [0, 0.1) is 0 Å². The number of carbonyl (C=O) groups excluding carboxylic acids is 1. The Morgan fingerprint density at radius 1 is 0.886 bits per heavy atom. The van der Waals surface area contributed by atoms with Crippen LogP contribution in [0.3, 0.4) is 0 Å². The first-order valence-corrected chi connectivity index (χ1v) is 13.5. The van der Waals surface area contributed by atoms with E-state index in [0.717, 1.165) is 56.2 Å². The number of likely N-dealkylation sites (tertiary alicyclic amines) is 1. The van der Waals surface area contributed by atoms with Gasteiger partial charge in [-0.05, 0) is 68.3 Å². The van der Waals surface area contributed by atoms with Crippen LogP contribution in [-0.2, 0) is 4.79 Å². The number of hydrogen-bond donors (Lipinski definition) is 1. The number of hydrogen-bond acceptors (Lipinski definition) is 5. The number of anilines is 3. The van der Waals surface area contributed by atoms with Crippen LogP contribution in [0.5, 0.6) is 0 Å². The van der Waals surface area contributed by atoms with E-state index in [1.165, 1.54) is 21.2 Å². The average molecular weight is 505 g/mol. The minimum absolute atomic E-state index is 0.178. The second kappa shape index (κ2) is 9.41. The van der Waals surface area contributed by atoms with Gasteiger partial charge in [0, 0.05) is 40.1 Å². The molecule has 2 fully saturated rings. The van der Waals surface area contributed by atoms with Gasteiger partial charge in [0.05, 0.1) is 18.0 Å². The molecule has 0 aliphatic carbocycles. The summed E-state index contributed by atoms with van der Waals surface area (Å²) in [4.78, 5) is 22.7. The molecular weight excluding hydrogens is 476 g/mol. The van der Waals surface area contributed by atoms with Crippen molar-refractivity contribution >= 4 is 46.3 Å². The zero-order chi connectivity index (χ0) is 23.8.